The number of carboxylic acid groups (broad SMARTS) is 1. The Kier molecular flexibility index (Phi) is 5.99. The molecule has 0 fully saturated rings. The fourth-order valence-corrected chi connectivity index (χ4v) is 1.58. The van der Waals surface area contributed by atoms with Gasteiger partial charge in [-0.3, -0.25) is 4.79 Å². The zero-order chi connectivity index (χ0) is 13.6. The van der Waals surface area contributed by atoms with E-state index >= 15 is 0 Å². The van der Waals surface area contributed by atoms with Gasteiger partial charge in [0.15, 0.2) is 0 Å². The highest BCUT2D eigenvalue weighted by Crippen LogP contribution is 2.14. The Morgan fingerprint density at radius 2 is 1.76 bits per heavy atom. The average Bonchev–Trinajstić information content (AvgIpc) is 2.13. The first kappa shape index (κ1) is 15.7. The minimum Gasteiger partial charge on any atom is -0.481 e. The van der Waals surface area contributed by atoms with E-state index in [1.807, 2.05) is 6.92 Å². The molecule has 0 aromatic rings. The minimum absolute atomic E-state index is 0.396. The number of carboxylic acids is 1. The van der Waals surface area contributed by atoms with Crippen LogP contribution in [0.4, 0.5) is 4.79 Å². The monoisotopic (exact) mass is 245 g/mol. The maximum atomic E-state index is 11.5. The standard InChI is InChI=1S/C12H23NO4/c1-6-8(10(14)15)9(7-2)13-11(16)17-12(3,4)5/h8-9H,6-7H2,1-5H3,(H,13,16)(H,14,15). The maximum absolute atomic E-state index is 11.5. The molecule has 100 valence electrons. The lowest BCUT2D eigenvalue weighted by atomic mass is 9.95. The van der Waals surface area contributed by atoms with Gasteiger partial charge in [-0.25, -0.2) is 4.79 Å². The molecule has 17 heavy (non-hydrogen) atoms. The second-order valence-corrected chi connectivity index (χ2v) is 5.01. The number of nitrogens with one attached hydrogen (secondary N) is 1. The second-order valence-electron chi connectivity index (χ2n) is 5.01. The quantitative estimate of drug-likeness (QED) is 0.779. The van der Waals surface area contributed by atoms with Crippen molar-refractivity contribution >= 4 is 12.1 Å². The minimum atomic E-state index is -0.893. The molecule has 0 aromatic heterocycles. The number of carbonyl (C=O) groups is 2. The number of rotatable bonds is 5. The molecule has 0 heterocycles. The summed E-state index contributed by atoms with van der Waals surface area (Å²) in [5.74, 6) is -1.47. The third kappa shape index (κ3) is 6.14. The first-order chi connectivity index (χ1) is 7.71. The molecule has 0 saturated carbocycles. The first-order valence-corrected chi connectivity index (χ1v) is 5.93. The summed E-state index contributed by atoms with van der Waals surface area (Å²) in [7, 11) is 0. The van der Waals surface area contributed by atoms with Gasteiger partial charge in [0.05, 0.1) is 5.92 Å². The van der Waals surface area contributed by atoms with Gasteiger partial charge in [0.1, 0.15) is 5.60 Å². The lowest BCUT2D eigenvalue weighted by molar-refractivity contribution is -0.142. The molecule has 5 nitrogen and oxygen atoms in total. The Morgan fingerprint density at radius 3 is 2.06 bits per heavy atom. The zero-order valence-corrected chi connectivity index (χ0v) is 11.2. The summed E-state index contributed by atoms with van der Waals surface area (Å²) < 4.78 is 5.10. The molecule has 0 aliphatic heterocycles. The van der Waals surface area contributed by atoms with E-state index in [4.69, 9.17) is 9.84 Å². The highest BCUT2D eigenvalue weighted by atomic mass is 16.6. The van der Waals surface area contributed by atoms with Crippen molar-refractivity contribution < 1.29 is 19.4 Å². The Bertz CT molecular complexity index is 270. The number of alkyl carbamates (subject to hydrolysis) is 1. The molecule has 0 saturated heterocycles. The van der Waals surface area contributed by atoms with Crippen molar-refractivity contribution in [2.75, 3.05) is 0 Å². The summed E-state index contributed by atoms with van der Waals surface area (Å²) >= 11 is 0. The summed E-state index contributed by atoms with van der Waals surface area (Å²) in [6, 6.07) is -0.396. The molecular weight excluding hydrogens is 222 g/mol. The lowest BCUT2D eigenvalue weighted by Gasteiger charge is -2.25. The molecule has 5 heteroatoms. The predicted molar refractivity (Wildman–Crippen MR) is 64.9 cm³/mol. The summed E-state index contributed by atoms with van der Waals surface area (Å²) in [6.07, 6.45) is 0.470. The van der Waals surface area contributed by atoms with Crippen molar-refractivity contribution in [3.8, 4) is 0 Å². The van der Waals surface area contributed by atoms with Gasteiger partial charge in [-0.15, -0.1) is 0 Å². The third-order valence-electron chi connectivity index (χ3n) is 2.38. The van der Waals surface area contributed by atoms with Crippen LogP contribution in [0.5, 0.6) is 0 Å². The smallest absolute Gasteiger partial charge is 0.407 e. The molecule has 0 rings (SSSR count). The van der Waals surface area contributed by atoms with Crippen molar-refractivity contribution in [3.05, 3.63) is 0 Å². The van der Waals surface area contributed by atoms with Crippen LogP contribution in [-0.2, 0) is 9.53 Å². The Balaban J connectivity index is 4.49. The molecule has 2 atom stereocenters. The van der Waals surface area contributed by atoms with E-state index in [0.29, 0.717) is 12.8 Å². The van der Waals surface area contributed by atoms with E-state index in [1.54, 1.807) is 27.7 Å². The highest BCUT2D eigenvalue weighted by Gasteiger charge is 2.28. The van der Waals surface area contributed by atoms with E-state index in [1.165, 1.54) is 0 Å². The molecule has 0 spiro atoms. The van der Waals surface area contributed by atoms with Gasteiger partial charge in [-0.2, -0.15) is 0 Å². The number of hydrogen-bond donors (Lipinski definition) is 2. The van der Waals surface area contributed by atoms with E-state index in [2.05, 4.69) is 5.32 Å². The number of aliphatic carboxylic acids is 1. The average molecular weight is 245 g/mol. The molecular formula is C12H23NO4. The van der Waals surface area contributed by atoms with Crippen LogP contribution in [0.2, 0.25) is 0 Å². The molecule has 0 aliphatic rings. The number of carbonyl (C=O) groups excluding carboxylic acids is 1. The highest BCUT2D eigenvalue weighted by molar-refractivity contribution is 5.73. The van der Waals surface area contributed by atoms with Gasteiger partial charge in [0, 0.05) is 6.04 Å². The summed E-state index contributed by atoms with van der Waals surface area (Å²) in [5.41, 5.74) is -0.576. The molecule has 2 N–H and O–H groups in total. The molecule has 0 bridgehead atoms. The van der Waals surface area contributed by atoms with Gasteiger partial charge in [0.25, 0.3) is 0 Å². The van der Waals surface area contributed by atoms with Crippen molar-refractivity contribution in [1.82, 2.24) is 5.32 Å². The second kappa shape index (κ2) is 6.47. The van der Waals surface area contributed by atoms with Crippen LogP contribution in [0, 0.1) is 5.92 Å². The maximum Gasteiger partial charge on any atom is 0.407 e. The van der Waals surface area contributed by atoms with E-state index in [0.717, 1.165) is 0 Å². The molecule has 2 unspecified atom stereocenters. The van der Waals surface area contributed by atoms with Crippen molar-refractivity contribution in [2.24, 2.45) is 5.92 Å². The Labute approximate surface area is 103 Å². The summed E-state index contributed by atoms with van der Waals surface area (Å²) in [5, 5.41) is 11.6. The first-order valence-electron chi connectivity index (χ1n) is 5.93. The van der Waals surface area contributed by atoms with Crippen molar-refractivity contribution in [2.45, 2.75) is 59.1 Å². The van der Waals surface area contributed by atoms with Crippen LogP contribution in [0.1, 0.15) is 47.5 Å². The Hall–Kier alpha value is -1.26. The predicted octanol–water partition coefficient (Wildman–Crippen LogP) is 2.40. The summed E-state index contributed by atoms with van der Waals surface area (Å²) in [6.45, 7) is 8.93. The van der Waals surface area contributed by atoms with Crippen LogP contribution in [-0.4, -0.2) is 28.8 Å². The largest absolute Gasteiger partial charge is 0.481 e. The van der Waals surface area contributed by atoms with Crippen LogP contribution in [0.3, 0.4) is 0 Å². The molecule has 0 radical (unpaired) electrons. The fraction of sp³-hybridized carbons (Fsp3) is 0.833. The topological polar surface area (TPSA) is 75.6 Å². The molecule has 0 aromatic carbocycles. The van der Waals surface area contributed by atoms with Crippen LogP contribution < -0.4 is 5.32 Å². The van der Waals surface area contributed by atoms with Crippen molar-refractivity contribution in [3.63, 3.8) is 0 Å². The third-order valence-corrected chi connectivity index (χ3v) is 2.38. The number of ether oxygens (including phenoxy) is 1. The number of amides is 1. The van der Waals surface area contributed by atoms with Gasteiger partial charge < -0.3 is 15.2 Å². The molecule has 1 amide bonds. The fourth-order valence-electron chi connectivity index (χ4n) is 1.58. The van der Waals surface area contributed by atoms with Crippen LogP contribution >= 0.6 is 0 Å². The lowest BCUT2D eigenvalue weighted by Crippen LogP contribution is -2.44. The SMILES string of the molecule is CCC(NC(=O)OC(C)(C)C)C(CC)C(=O)O. The zero-order valence-electron chi connectivity index (χ0n) is 11.2. The van der Waals surface area contributed by atoms with E-state index in [-0.39, 0.29) is 0 Å². The molecule has 0 aliphatic carbocycles. The van der Waals surface area contributed by atoms with Gasteiger partial charge >= 0.3 is 12.1 Å². The van der Waals surface area contributed by atoms with Gasteiger partial charge in [-0.05, 0) is 33.6 Å². The van der Waals surface area contributed by atoms with Gasteiger partial charge in [0.2, 0.25) is 0 Å². The number of hydrogen-bond acceptors (Lipinski definition) is 3. The van der Waals surface area contributed by atoms with Crippen LogP contribution in [0.25, 0.3) is 0 Å². The van der Waals surface area contributed by atoms with Gasteiger partial charge in [-0.1, -0.05) is 13.8 Å². The van der Waals surface area contributed by atoms with E-state index in [9.17, 15) is 9.59 Å². The van der Waals surface area contributed by atoms with Crippen LogP contribution in [0.15, 0.2) is 0 Å². The summed E-state index contributed by atoms with van der Waals surface area (Å²) in [4.78, 5) is 22.6. The van der Waals surface area contributed by atoms with E-state index < -0.39 is 29.6 Å². The Morgan fingerprint density at radius 1 is 1.24 bits per heavy atom. The normalized spacial score (nSPS) is 14.9. The van der Waals surface area contributed by atoms with Crippen molar-refractivity contribution in [1.29, 1.82) is 0 Å².